The van der Waals surface area contributed by atoms with Crippen molar-refractivity contribution in [2.75, 3.05) is 0 Å². The van der Waals surface area contributed by atoms with E-state index in [1.165, 1.54) is 24.3 Å². The predicted octanol–water partition coefficient (Wildman–Crippen LogP) is 4.44. The van der Waals surface area contributed by atoms with E-state index in [2.05, 4.69) is 0 Å². The standard InChI is InChI=1S/C23H28O5S2/c1-18(2)22(24)17-19-11-9-10-16-23(19,29(25,26)20-12-5-3-6-13-20)30(27,28)21-14-7-4-8-15-21/h3-8,12-15,18-19H,9-11,16-17H2,1-2H3. The number of hydrogen-bond acceptors (Lipinski definition) is 5. The number of carbonyl (C=O) groups excluding carboxylic acids is 1. The van der Waals surface area contributed by atoms with E-state index in [9.17, 15) is 21.6 Å². The van der Waals surface area contributed by atoms with Crippen LogP contribution in [0.15, 0.2) is 70.5 Å². The molecule has 1 fully saturated rings. The number of rotatable bonds is 7. The van der Waals surface area contributed by atoms with Crippen LogP contribution < -0.4 is 0 Å². The Morgan fingerprint density at radius 1 is 0.867 bits per heavy atom. The summed E-state index contributed by atoms with van der Waals surface area (Å²) in [5.41, 5.74) is 0. The van der Waals surface area contributed by atoms with E-state index in [0.29, 0.717) is 19.3 Å². The van der Waals surface area contributed by atoms with Gasteiger partial charge < -0.3 is 0 Å². The van der Waals surface area contributed by atoms with Gasteiger partial charge in [0, 0.05) is 18.3 Å². The first kappa shape index (κ1) is 22.7. The molecule has 0 N–H and O–H groups in total. The van der Waals surface area contributed by atoms with Gasteiger partial charge in [0.2, 0.25) is 0 Å². The first-order valence-electron chi connectivity index (χ1n) is 10.3. The number of benzene rings is 2. The predicted molar refractivity (Wildman–Crippen MR) is 116 cm³/mol. The summed E-state index contributed by atoms with van der Waals surface area (Å²) in [6.45, 7) is 3.51. The Kier molecular flexibility index (Phi) is 6.53. The van der Waals surface area contributed by atoms with Gasteiger partial charge in [-0.3, -0.25) is 4.79 Å². The maximum Gasteiger partial charge on any atom is 0.199 e. The van der Waals surface area contributed by atoms with Gasteiger partial charge in [-0.15, -0.1) is 0 Å². The van der Waals surface area contributed by atoms with Crippen LogP contribution >= 0.6 is 0 Å². The summed E-state index contributed by atoms with van der Waals surface area (Å²) in [7, 11) is -8.58. The van der Waals surface area contributed by atoms with Gasteiger partial charge in [-0.1, -0.05) is 63.1 Å². The summed E-state index contributed by atoms with van der Waals surface area (Å²) in [6, 6.07) is 15.5. The molecule has 1 unspecified atom stereocenters. The van der Waals surface area contributed by atoms with E-state index in [1.54, 1.807) is 50.2 Å². The Labute approximate surface area is 179 Å². The average Bonchev–Trinajstić information content (AvgIpc) is 2.75. The third-order valence-corrected chi connectivity index (χ3v) is 12.1. The summed E-state index contributed by atoms with van der Waals surface area (Å²) < 4.78 is 53.9. The minimum absolute atomic E-state index is 0.0164. The molecule has 1 aliphatic carbocycles. The number of ketones is 1. The molecule has 0 radical (unpaired) electrons. The topological polar surface area (TPSA) is 85.3 Å². The van der Waals surface area contributed by atoms with Crippen molar-refractivity contribution in [2.24, 2.45) is 11.8 Å². The van der Waals surface area contributed by atoms with Crippen molar-refractivity contribution in [1.82, 2.24) is 0 Å². The summed E-state index contributed by atoms with van der Waals surface area (Å²) in [4.78, 5) is 12.6. The van der Waals surface area contributed by atoms with E-state index in [1.807, 2.05) is 0 Å². The zero-order valence-corrected chi connectivity index (χ0v) is 19.0. The van der Waals surface area contributed by atoms with Crippen LogP contribution in [-0.4, -0.2) is 26.7 Å². The van der Waals surface area contributed by atoms with Gasteiger partial charge >= 0.3 is 0 Å². The number of sulfone groups is 2. The molecule has 2 aromatic carbocycles. The smallest absolute Gasteiger partial charge is 0.199 e. The highest BCUT2D eigenvalue weighted by Gasteiger charge is 2.61. The van der Waals surface area contributed by atoms with Crippen LogP contribution in [0.2, 0.25) is 0 Å². The zero-order chi connectivity index (χ0) is 22.0. The summed E-state index contributed by atoms with van der Waals surface area (Å²) in [5, 5.41) is 0. The van der Waals surface area contributed by atoms with Crippen molar-refractivity contribution >= 4 is 25.5 Å². The van der Waals surface area contributed by atoms with E-state index in [-0.39, 0.29) is 34.3 Å². The fourth-order valence-corrected chi connectivity index (χ4v) is 10.0. The lowest BCUT2D eigenvalue weighted by atomic mass is 9.83. The Hall–Kier alpha value is -1.99. The van der Waals surface area contributed by atoms with E-state index in [0.717, 1.165) is 0 Å². The lowest BCUT2D eigenvalue weighted by Gasteiger charge is -2.42. The molecule has 0 bridgehead atoms. The molecule has 162 valence electrons. The minimum atomic E-state index is -4.29. The van der Waals surface area contributed by atoms with Crippen molar-refractivity contribution in [3.63, 3.8) is 0 Å². The summed E-state index contributed by atoms with van der Waals surface area (Å²) in [6.07, 6.45) is 1.49. The molecule has 7 heteroatoms. The third-order valence-electron chi connectivity index (χ3n) is 6.06. The second kappa shape index (κ2) is 8.63. The van der Waals surface area contributed by atoms with Crippen LogP contribution in [0.3, 0.4) is 0 Å². The molecule has 0 aliphatic heterocycles. The molecule has 3 rings (SSSR count). The number of carbonyl (C=O) groups is 1. The Morgan fingerprint density at radius 3 is 1.77 bits per heavy atom. The highest BCUT2D eigenvalue weighted by atomic mass is 32.3. The molecule has 1 aliphatic rings. The molecule has 0 heterocycles. The quantitative estimate of drug-likeness (QED) is 0.625. The number of hydrogen-bond donors (Lipinski definition) is 0. The average molecular weight is 449 g/mol. The molecule has 2 aromatic rings. The molecular weight excluding hydrogens is 420 g/mol. The summed E-state index contributed by atoms with van der Waals surface area (Å²) >= 11 is 0. The van der Waals surface area contributed by atoms with Crippen LogP contribution in [0.5, 0.6) is 0 Å². The SMILES string of the molecule is CC(C)C(=O)CC1CCCCC1(S(=O)(=O)c1ccccc1)S(=O)(=O)c1ccccc1. The monoisotopic (exact) mass is 448 g/mol. The highest BCUT2D eigenvalue weighted by Crippen LogP contribution is 2.50. The minimum Gasteiger partial charge on any atom is -0.299 e. The van der Waals surface area contributed by atoms with Crippen LogP contribution in [0.25, 0.3) is 0 Å². The van der Waals surface area contributed by atoms with Gasteiger partial charge in [-0.2, -0.15) is 0 Å². The molecule has 1 saturated carbocycles. The Bertz CT molecular complexity index is 1020. The molecule has 5 nitrogen and oxygen atoms in total. The highest BCUT2D eigenvalue weighted by molar-refractivity contribution is 8.10. The van der Waals surface area contributed by atoms with Gasteiger partial charge in [-0.05, 0) is 37.1 Å². The molecule has 0 aromatic heterocycles. The summed E-state index contributed by atoms with van der Waals surface area (Å²) in [5.74, 6) is -1.20. The van der Waals surface area contributed by atoms with Crippen LogP contribution in [0.1, 0.15) is 46.0 Å². The lowest BCUT2D eigenvalue weighted by molar-refractivity contribution is -0.123. The van der Waals surface area contributed by atoms with Gasteiger partial charge in [0.25, 0.3) is 0 Å². The maximum absolute atomic E-state index is 14.0. The largest absolute Gasteiger partial charge is 0.299 e. The normalized spacial score (nSPS) is 19.5. The van der Waals surface area contributed by atoms with E-state index >= 15 is 0 Å². The molecule has 1 atom stereocenters. The van der Waals surface area contributed by atoms with Crippen LogP contribution in [-0.2, 0) is 24.5 Å². The molecule has 0 saturated heterocycles. The molecule has 0 spiro atoms. The van der Waals surface area contributed by atoms with Gasteiger partial charge in [0.1, 0.15) is 5.78 Å². The molecular formula is C23H28O5S2. The Morgan fingerprint density at radius 2 is 1.33 bits per heavy atom. The third kappa shape index (κ3) is 3.73. The van der Waals surface area contributed by atoms with Crippen molar-refractivity contribution in [3.05, 3.63) is 60.7 Å². The van der Waals surface area contributed by atoms with Crippen LogP contribution in [0, 0.1) is 11.8 Å². The first-order chi connectivity index (χ1) is 14.1. The number of Topliss-reactive ketones (excluding diaryl/α,β-unsaturated/α-hetero) is 1. The molecule has 30 heavy (non-hydrogen) atoms. The van der Waals surface area contributed by atoms with E-state index < -0.39 is 29.7 Å². The van der Waals surface area contributed by atoms with Gasteiger partial charge in [-0.25, -0.2) is 16.8 Å². The second-order valence-corrected chi connectivity index (χ2v) is 12.9. The van der Waals surface area contributed by atoms with E-state index in [4.69, 9.17) is 0 Å². The fourth-order valence-electron chi connectivity index (χ4n) is 4.37. The van der Waals surface area contributed by atoms with Gasteiger partial charge in [0.05, 0.1) is 9.79 Å². The molecule has 0 amide bonds. The van der Waals surface area contributed by atoms with Crippen LogP contribution in [0.4, 0.5) is 0 Å². The second-order valence-electron chi connectivity index (χ2n) is 8.21. The van der Waals surface area contributed by atoms with Crippen molar-refractivity contribution in [3.8, 4) is 0 Å². The Balaban J connectivity index is 2.29. The lowest BCUT2D eigenvalue weighted by Crippen LogP contribution is -2.54. The first-order valence-corrected chi connectivity index (χ1v) is 13.2. The zero-order valence-electron chi connectivity index (χ0n) is 17.3. The van der Waals surface area contributed by atoms with Crippen molar-refractivity contribution in [1.29, 1.82) is 0 Å². The van der Waals surface area contributed by atoms with Crippen molar-refractivity contribution < 1.29 is 21.6 Å². The van der Waals surface area contributed by atoms with Gasteiger partial charge in [0.15, 0.2) is 23.8 Å². The van der Waals surface area contributed by atoms with Crippen molar-refractivity contribution in [2.45, 2.75) is 59.8 Å². The fraction of sp³-hybridized carbons (Fsp3) is 0.435. The maximum atomic E-state index is 14.0.